The second kappa shape index (κ2) is 4.15. The van der Waals surface area contributed by atoms with Crippen LogP contribution in [0.1, 0.15) is 38.7 Å². The van der Waals surface area contributed by atoms with E-state index in [4.69, 9.17) is 5.73 Å². The standard InChI is InChI=1S/C14H20BrN/c1-13(2)6-7-14(9-13,10-16)11-4-3-5-12(15)8-11/h3-5,8H,6-7,9-10,16H2,1-2H3. The molecule has 0 bridgehead atoms. The van der Waals surface area contributed by atoms with Crippen molar-refractivity contribution in [3.8, 4) is 0 Å². The van der Waals surface area contributed by atoms with Gasteiger partial charge in [0, 0.05) is 16.4 Å². The molecular weight excluding hydrogens is 262 g/mol. The summed E-state index contributed by atoms with van der Waals surface area (Å²) in [4.78, 5) is 0. The van der Waals surface area contributed by atoms with Gasteiger partial charge < -0.3 is 5.73 Å². The molecule has 1 aromatic carbocycles. The minimum atomic E-state index is 0.202. The molecule has 88 valence electrons. The van der Waals surface area contributed by atoms with Crippen molar-refractivity contribution >= 4 is 15.9 Å². The molecule has 1 saturated carbocycles. The smallest absolute Gasteiger partial charge is 0.0178 e. The lowest BCUT2D eigenvalue weighted by atomic mass is 9.76. The van der Waals surface area contributed by atoms with E-state index in [1.54, 1.807) is 0 Å². The quantitative estimate of drug-likeness (QED) is 0.876. The summed E-state index contributed by atoms with van der Waals surface area (Å²) in [5, 5.41) is 0. The molecular formula is C14H20BrN. The lowest BCUT2D eigenvalue weighted by molar-refractivity contribution is 0.338. The van der Waals surface area contributed by atoms with Crippen LogP contribution in [-0.2, 0) is 5.41 Å². The minimum Gasteiger partial charge on any atom is -0.330 e. The summed E-state index contributed by atoms with van der Waals surface area (Å²) < 4.78 is 1.16. The molecule has 2 rings (SSSR count). The third-order valence-electron chi connectivity index (χ3n) is 3.92. The molecule has 1 aromatic rings. The van der Waals surface area contributed by atoms with Gasteiger partial charge in [-0.05, 0) is 42.4 Å². The molecule has 1 fully saturated rings. The van der Waals surface area contributed by atoms with E-state index >= 15 is 0 Å². The predicted molar refractivity (Wildman–Crippen MR) is 72.5 cm³/mol. The van der Waals surface area contributed by atoms with Crippen molar-refractivity contribution in [1.82, 2.24) is 0 Å². The van der Waals surface area contributed by atoms with Crippen LogP contribution in [0.2, 0.25) is 0 Å². The highest BCUT2D eigenvalue weighted by Crippen LogP contribution is 2.50. The van der Waals surface area contributed by atoms with Crippen LogP contribution in [0.5, 0.6) is 0 Å². The normalized spacial score (nSPS) is 28.2. The molecule has 16 heavy (non-hydrogen) atoms. The fourth-order valence-corrected chi connectivity index (χ4v) is 3.43. The summed E-state index contributed by atoms with van der Waals surface area (Å²) in [6.07, 6.45) is 3.69. The number of hydrogen-bond donors (Lipinski definition) is 1. The zero-order valence-corrected chi connectivity index (χ0v) is 11.7. The number of nitrogens with two attached hydrogens (primary N) is 1. The van der Waals surface area contributed by atoms with E-state index in [1.165, 1.54) is 24.8 Å². The largest absolute Gasteiger partial charge is 0.330 e. The first-order valence-electron chi connectivity index (χ1n) is 5.94. The van der Waals surface area contributed by atoms with Gasteiger partial charge in [0.15, 0.2) is 0 Å². The predicted octanol–water partition coefficient (Wildman–Crippen LogP) is 3.86. The van der Waals surface area contributed by atoms with Crippen LogP contribution in [0.3, 0.4) is 0 Å². The molecule has 0 aromatic heterocycles. The average Bonchev–Trinajstić information content (AvgIpc) is 2.56. The van der Waals surface area contributed by atoms with Crippen molar-refractivity contribution in [3.63, 3.8) is 0 Å². The number of benzene rings is 1. The lowest BCUT2D eigenvalue weighted by Crippen LogP contribution is -2.33. The third kappa shape index (κ3) is 2.18. The van der Waals surface area contributed by atoms with E-state index in [0.717, 1.165) is 11.0 Å². The Morgan fingerprint density at radius 3 is 2.56 bits per heavy atom. The topological polar surface area (TPSA) is 26.0 Å². The first kappa shape index (κ1) is 12.1. The Bertz CT molecular complexity index is 386. The Kier molecular flexibility index (Phi) is 3.15. The van der Waals surface area contributed by atoms with Crippen molar-refractivity contribution in [1.29, 1.82) is 0 Å². The highest BCUT2D eigenvalue weighted by atomic mass is 79.9. The third-order valence-corrected chi connectivity index (χ3v) is 4.42. The maximum atomic E-state index is 6.06. The first-order chi connectivity index (χ1) is 7.47. The Hall–Kier alpha value is -0.340. The van der Waals surface area contributed by atoms with Crippen LogP contribution in [0.15, 0.2) is 28.7 Å². The van der Waals surface area contributed by atoms with Gasteiger partial charge in [0.05, 0.1) is 0 Å². The van der Waals surface area contributed by atoms with E-state index in [0.29, 0.717) is 5.41 Å². The first-order valence-corrected chi connectivity index (χ1v) is 6.73. The summed E-state index contributed by atoms with van der Waals surface area (Å²) >= 11 is 3.55. The molecule has 0 heterocycles. The van der Waals surface area contributed by atoms with Gasteiger partial charge in [-0.15, -0.1) is 0 Å². The summed E-state index contributed by atoms with van der Waals surface area (Å²) in [5.74, 6) is 0. The molecule has 0 spiro atoms. The number of halogens is 1. The van der Waals surface area contributed by atoms with Crippen molar-refractivity contribution in [2.45, 2.75) is 38.5 Å². The van der Waals surface area contributed by atoms with Crippen LogP contribution >= 0.6 is 15.9 Å². The van der Waals surface area contributed by atoms with Gasteiger partial charge in [-0.25, -0.2) is 0 Å². The molecule has 1 aliphatic carbocycles. The molecule has 0 aliphatic heterocycles. The Balaban J connectivity index is 2.36. The molecule has 0 saturated heterocycles. The highest BCUT2D eigenvalue weighted by molar-refractivity contribution is 9.10. The van der Waals surface area contributed by atoms with Crippen LogP contribution < -0.4 is 5.73 Å². The van der Waals surface area contributed by atoms with Crippen LogP contribution in [0.25, 0.3) is 0 Å². The van der Waals surface area contributed by atoms with Crippen LogP contribution in [-0.4, -0.2) is 6.54 Å². The van der Waals surface area contributed by atoms with E-state index < -0.39 is 0 Å². The molecule has 0 amide bonds. The lowest BCUT2D eigenvalue weighted by Gasteiger charge is -2.30. The molecule has 2 heteroatoms. The van der Waals surface area contributed by atoms with Gasteiger partial charge >= 0.3 is 0 Å². The SMILES string of the molecule is CC1(C)CCC(CN)(c2cccc(Br)c2)C1. The number of rotatable bonds is 2. The highest BCUT2D eigenvalue weighted by Gasteiger charge is 2.43. The zero-order chi connectivity index (χ0) is 11.8. The molecule has 0 radical (unpaired) electrons. The summed E-state index contributed by atoms with van der Waals surface area (Å²) in [6, 6.07) is 8.64. The van der Waals surface area contributed by atoms with Gasteiger partial charge in [0.2, 0.25) is 0 Å². The molecule has 2 N–H and O–H groups in total. The Labute approximate surface area is 107 Å². The van der Waals surface area contributed by atoms with Gasteiger partial charge in [0.25, 0.3) is 0 Å². The van der Waals surface area contributed by atoms with E-state index in [2.05, 4.69) is 54.0 Å². The molecule has 1 nitrogen and oxygen atoms in total. The van der Waals surface area contributed by atoms with Gasteiger partial charge in [-0.1, -0.05) is 41.9 Å². The van der Waals surface area contributed by atoms with E-state index in [9.17, 15) is 0 Å². The van der Waals surface area contributed by atoms with Gasteiger partial charge in [-0.3, -0.25) is 0 Å². The maximum Gasteiger partial charge on any atom is 0.0178 e. The maximum absolute atomic E-state index is 6.06. The van der Waals surface area contributed by atoms with Crippen LogP contribution in [0, 0.1) is 5.41 Å². The summed E-state index contributed by atoms with van der Waals surface area (Å²) in [5.41, 5.74) is 8.09. The minimum absolute atomic E-state index is 0.202. The zero-order valence-electron chi connectivity index (χ0n) is 10.1. The summed E-state index contributed by atoms with van der Waals surface area (Å²) in [7, 11) is 0. The fourth-order valence-electron chi connectivity index (χ4n) is 3.03. The van der Waals surface area contributed by atoms with Crippen LogP contribution in [0.4, 0.5) is 0 Å². The van der Waals surface area contributed by atoms with E-state index in [1.807, 2.05) is 0 Å². The van der Waals surface area contributed by atoms with Crippen molar-refractivity contribution in [2.75, 3.05) is 6.54 Å². The van der Waals surface area contributed by atoms with E-state index in [-0.39, 0.29) is 5.41 Å². The molecule has 1 aliphatic rings. The Morgan fingerprint density at radius 2 is 2.06 bits per heavy atom. The fraction of sp³-hybridized carbons (Fsp3) is 0.571. The Morgan fingerprint density at radius 1 is 1.31 bits per heavy atom. The van der Waals surface area contributed by atoms with Gasteiger partial charge in [-0.2, -0.15) is 0 Å². The molecule has 1 unspecified atom stereocenters. The molecule has 1 atom stereocenters. The summed E-state index contributed by atoms with van der Waals surface area (Å²) in [6.45, 7) is 5.46. The van der Waals surface area contributed by atoms with Crippen molar-refractivity contribution < 1.29 is 0 Å². The van der Waals surface area contributed by atoms with Gasteiger partial charge in [0.1, 0.15) is 0 Å². The monoisotopic (exact) mass is 281 g/mol. The second-order valence-corrected chi connectivity index (χ2v) is 6.75. The second-order valence-electron chi connectivity index (χ2n) is 5.84. The number of hydrogen-bond acceptors (Lipinski definition) is 1. The average molecular weight is 282 g/mol. The van der Waals surface area contributed by atoms with Crippen molar-refractivity contribution in [2.24, 2.45) is 11.1 Å². The van der Waals surface area contributed by atoms with Crippen molar-refractivity contribution in [3.05, 3.63) is 34.3 Å².